The van der Waals surface area contributed by atoms with Crippen molar-refractivity contribution in [3.05, 3.63) is 51.8 Å². The second-order valence-corrected chi connectivity index (χ2v) is 4.29. The Kier molecular flexibility index (Phi) is 4.16. The van der Waals surface area contributed by atoms with Crippen molar-refractivity contribution >= 4 is 23.3 Å². The van der Waals surface area contributed by atoms with E-state index < -0.39 is 22.5 Å². The number of amides is 1. The van der Waals surface area contributed by atoms with Gasteiger partial charge in [0, 0.05) is 12.7 Å². The number of nitrogens with zero attached hydrogens (tertiary/aromatic N) is 3. The van der Waals surface area contributed by atoms with Crippen molar-refractivity contribution in [3.8, 4) is 0 Å². The lowest BCUT2D eigenvalue weighted by molar-refractivity contribution is -0.385. The number of esters is 1. The van der Waals surface area contributed by atoms with Gasteiger partial charge in [0.25, 0.3) is 5.91 Å². The Balaban J connectivity index is 2.28. The molecular weight excluding hydrogens is 292 g/mol. The Labute approximate surface area is 124 Å². The highest BCUT2D eigenvalue weighted by molar-refractivity contribution is 6.06. The fraction of sp³-hybridized carbons (Fsp3) is 0.154. The maximum atomic E-state index is 12.2. The van der Waals surface area contributed by atoms with E-state index in [-0.39, 0.29) is 11.3 Å². The van der Waals surface area contributed by atoms with Crippen LogP contribution in [0.3, 0.4) is 0 Å². The van der Waals surface area contributed by atoms with Gasteiger partial charge in [-0.05, 0) is 18.2 Å². The third kappa shape index (κ3) is 2.92. The fourth-order valence-electron chi connectivity index (χ4n) is 1.85. The van der Waals surface area contributed by atoms with Crippen LogP contribution in [0, 0.1) is 10.1 Å². The van der Waals surface area contributed by atoms with Crippen LogP contribution in [0.15, 0.2) is 30.5 Å². The van der Waals surface area contributed by atoms with Crippen LogP contribution in [0.5, 0.6) is 0 Å². The van der Waals surface area contributed by atoms with E-state index >= 15 is 0 Å². The lowest BCUT2D eigenvalue weighted by atomic mass is 10.2. The number of aryl methyl sites for hydroxylation is 1. The number of aromatic nitrogens is 2. The van der Waals surface area contributed by atoms with Gasteiger partial charge in [-0.15, -0.1) is 0 Å². The molecule has 0 unspecified atom stereocenters. The molecule has 0 bridgehead atoms. The van der Waals surface area contributed by atoms with Crippen LogP contribution in [0.25, 0.3) is 0 Å². The number of benzene rings is 1. The average molecular weight is 304 g/mol. The SMILES string of the molecule is COC(=O)c1cccc(NC(=O)c2c([N+](=O)[O-])cnn2C)c1. The van der Waals surface area contributed by atoms with Crippen LogP contribution < -0.4 is 5.32 Å². The van der Waals surface area contributed by atoms with Crippen molar-refractivity contribution in [1.29, 1.82) is 0 Å². The Morgan fingerprint density at radius 1 is 1.41 bits per heavy atom. The molecule has 0 radical (unpaired) electrons. The quantitative estimate of drug-likeness (QED) is 0.518. The summed E-state index contributed by atoms with van der Waals surface area (Å²) < 4.78 is 5.69. The second-order valence-electron chi connectivity index (χ2n) is 4.29. The summed E-state index contributed by atoms with van der Waals surface area (Å²) in [5.74, 6) is -1.25. The molecule has 1 N–H and O–H groups in total. The van der Waals surface area contributed by atoms with Gasteiger partial charge in [0.15, 0.2) is 0 Å². The molecule has 0 atom stereocenters. The van der Waals surface area contributed by atoms with Gasteiger partial charge >= 0.3 is 11.7 Å². The van der Waals surface area contributed by atoms with Gasteiger partial charge in [0.1, 0.15) is 6.20 Å². The van der Waals surface area contributed by atoms with Crippen LogP contribution in [-0.4, -0.2) is 33.7 Å². The lowest BCUT2D eigenvalue weighted by Gasteiger charge is -2.06. The number of nitro groups is 1. The molecule has 114 valence electrons. The maximum absolute atomic E-state index is 12.2. The second kappa shape index (κ2) is 6.04. The first-order valence-electron chi connectivity index (χ1n) is 6.10. The fourth-order valence-corrected chi connectivity index (χ4v) is 1.85. The molecule has 0 fully saturated rings. The van der Waals surface area contributed by atoms with E-state index in [0.29, 0.717) is 5.69 Å². The third-order valence-electron chi connectivity index (χ3n) is 2.87. The van der Waals surface area contributed by atoms with Crippen LogP contribution in [-0.2, 0) is 11.8 Å². The molecular formula is C13H12N4O5. The Bertz CT molecular complexity index is 753. The average Bonchev–Trinajstić information content (AvgIpc) is 2.88. The van der Waals surface area contributed by atoms with Crippen molar-refractivity contribution in [2.45, 2.75) is 0 Å². The van der Waals surface area contributed by atoms with Crippen LogP contribution in [0.4, 0.5) is 11.4 Å². The first kappa shape index (κ1) is 15.2. The summed E-state index contributed by atoms with van der Waals surface area (Å²) in [6, 6.07) is 6.03. The van der Waals surface area contributed by atoms with Crippen molar-refractivity contribution in [2.75, 3.05) is 12.4 Å². The minimum atomic E-state index is -0.700. The van der Waals surface area contributed by atoms with Crippen molar-refractivity contribution in [3.63, 3.8) is 0 Å². The van der Waals surface area contributed by atoms with E-state index in [2.05, 4.69) is 15.2 Å². The number of nitrogens with one attached hydrogen (secondary N) is 1. The molecule has 9 nitrogen and oxygen atoms in total. The molecule has 0 aliphatic carbocycles. The molecule has 0 spiro atoms. The van der Waals surface area contributed by atoms with E-state index in [1.54, 1.807) is 12.1 Å². The smallest absolute Gasteiger partial charge is 0.337 e. The standard InChI is InChI=1S/C13H12N4O5/c1-16-11(10(7-14-16)17(20)21)12(18)15-9-5-3-4-8(6-9)13(19)22-2/h3-7H,1-2H3,(H,15,18). The molecule has 1 heterocycles. The summed E-state index contributed by atoms with van der Waals surface area (Å²) >= 11 is 0. The Hall–Kier alpha value is -3.23. The van der Waals surface area contributed by atoms with Gasteiger partial charge in [-0.3, -0.25) is 19.6 Å². The van der Waals surface area contributed by atoms with Crippen molar-refractivity contribution < 1.29 is 19.2 Å². The highest BCUT2D eigenvalue weighted by Crippen LogP contribution is 2.19. The third-order valence-corrected chi connectivity index (χ3v) is 2.87. The molecule has 22 heavy (non-hydrogen) atoms. The van der Waals surface area contributed by atoms with E-state index in [0.717, 1.165) is 10.9 Å². The summed E-state index contributed by atoms with van der Waals surface area (Å²) in [6.07, 6.45) is 1.000. The van der Waals surface area contributed by atoms with E-state index in [9.17, 15) is 19.7 Å². The minimum absolute atomic E-state index is 0.187. The number of carbonyl (C=O) groups excluding carboxylic acids is 2. The van der Waals surface area contributed by atoms with Crippen LogP contribution in [0.1, 0.15) is 20.8 Å². The zero-order valence-electron chi connectivity index (χ0n) is 11.8. The highest BCUT2D eigenvalue weighted by atomic mass is 16.6. The molecule has 9 heteroatoms. The first-order chi connectivity index (χ1) is 10.4. The van der Waals surface area contributed by atoms with Gasteiger partial charge in [-0.2, -0.15) is 5.10 Å². The van der Waals surface area contributed by atoms with Crippen molar-refractivity contribution in [1.82, 2.24) is 9.78 Å². The highest BCUT2D eigenvalue weighted by Gasteiger charge is 2.25. The van der Waals surface area contributed by atoms with Gasteiger partial charge in [-0.1, -0.05) is 6.07 Å². The molecule has 0 saturated heterocycles. The van der Waals surface area contributed by atoms with E-state index in [1.165, 1.54) is 26.3 Å². The van der Waals surface area contributed by atoms with E-state index in [1.807, 2.05) is 0 Å². The number of anilines is 1. The number of hydrogen-bond acceptors (Lipinski definition) is 6. The number of ether oxygens (including phenoxy) is 1. The summed E-state index contributed by atoms with van der Waals surface area (Å²) in [4.78, 5) is 33.8. The summed E-state index contributed by atoms with van der Waals surface area (Å²) in [6.45, 7) is 0. The first-order valence-corrected chi connectivity index (χ1v) is 6.10. The molecule has 0 aliphatic heterocycles. The van der Waals surface area contributed by atoms with Gasteiger partial charge in [0.2, 0.25) is 5.69 Å². The normalized spacial score (nSPS) is 10.1. The Morgan fingerprint density at radius 2 is 2.14 bits per heavy atom. The summed E-state index contributed by atoms with van der Waals surface area (Å²) in [5, 5.41) is 17.1. The number of hydrogen-bond donors (Lipinski definition) is 1. The predicted molar refractivity (Wildman–Crippen MR) is 75.6 cm³/mol. The number of methoxy groups -OCH3 is 1. The molecule has 0 saturated carbocycles. The lowest BCUT2D eigenvalue weighted by Crippen LogP contribution is -2.18. The molecule has 2 aromatic rings. The molecule has 1 aromatic heterocycles. The molecule has 1 aromatic carbocycles. The van der Waals surface area contributed by atoms with Gasteiger partial charge in [-0.25, -0.2) is 4.79 Å². The molecule has 1 amide bonds. The summed E-state index contributed by atoms with van der Waals surface area (Å²) in [5.41, 5.74) is -0.0270. The van der Waals surface area contributed by atoms with Gasteiger partial charge in [0.05, 0.1) is 17.6 Å². The maximum Gasteiger partial charge on any atom is 0.337 e. The van der Waals surface area contributed by atoms with E-state index in [4.69, 9.17) is 0 Å². The van der Waals surface area contributed by atoms with Crippen LogP contribution >= 0.6 is 0 Å². The van der Waals surface area contributed by atoms with Crippen molar-refractivity contribution in [2.24, 2.45) is 7.05 Å². The zero-order chi connectivity index (χ0) is 16.3. The van der Waals surface area contributed by atoms with Crippen LogP contribution in [0.2, 0.25) is 0 Å². The topological polar surface area (TPSA) is 116 Å². The molecule has 2 rings (SSSR count). The summed E-state index contributed by atoms with van der Waals surface area (Å²) in [7, 11) is 2.67. The minimum Gasteiger partial charge on any atom is -0.465 e. The number of carbonyl (C=O) groups is 2. The Morgan fingerprint density at radius 3 is 2.77 bits per heavy atom. The van der Waals surface area contributed by atoms with Gasteiger partial charge < -0.3 is 10.1 Å². The number of rotatable bonds is 4. The zero-order valence-corrected chi connectivity index (χ0v) is 11.8. The largest absolute Gasteiger partial charge is 0.465 e. The monoisotopic (exact) mass is 304 g/mol. The molecule has 0 aliphatic rings. The predicted octanol–water partition coefficient (Wildman–Crippen LogP) is 1.37.